The Labute approximate surface area is 208 Å². The Morgan fingerprint density at radius 2 is 1.69 bits per heavy atom. The molecule has 0 spiro atoms. The van der Waals surface area contributed by atoms with Crippen LogP contribution in [0.5, 0.6) is 11.5 Å². The summed E-state index contributed by atoms with van der Waals surface area (Å²) < 4.78 is 11.1. The summed E-state index contributed by atoms with van der Waals surface area (Å²) in [4.78, 5) is 24.2. The first-order valence-corrected chi connectivity index (χ1v) is 9.84. The first-order chi connectivity index (χ1) is 14.8. The second-order valence-corrected chi connectivity index (χ2v) is 7.17. The fraction of sp³-hybridized carbons (Fsp3) is 0.0909. The van der Waals surface area contributed by atoms with Gasteiger partial charge >= 0.3 is 24.8 Å². The summed E-state index contributed by atoms with van der Waals surface area (Å²) in [5.41, 5.74) is 6.45. The van der Waals surface area contributed by atoms with Crippen molar-refractivity contribution < 1.29 is 44.5 Å². The zero-order valence-electron chi connectivity index (χ0n) is 18.1. The molecule has 0 atom stereocenters. The van der Waals surface area contributed by atoms with Gasteiger partial charge < -0.3 is 27.1 Å². The van der Waals surface area contributed by atoms with Crippen molar-refractivity contribution >= 4 is 46.5 Å². The maximum absolute atomic E-state index is 12.5. The predicted molar refractivity (Wildman–Crippen MR) is 121 cm³/mol. The van der Waals surface area contributed by atoms with E-state index in [9.17, 15) is 14.7 Å². The topological polar surface area (TPSA) is 111 Å². The number of anilines is 2. The molecule has 32 heavy (non-hydrogen) atoms. The van der Waals surface area contributed by atoms with E-state index in [0.717, 1.165) is 0 Å². The summed E-state index contributed by atoms with van der Waals surface area (Å²) in [7, 11) is 0. The van der Waals surface area contributed by atoms with Crippen LogP contribution in [0.4, 0.5) is 11.4 Å². The fourth-order valence-electron chi connectivity index (χ4n) is 2.69. The normalized spacial score (nSPS) is 10.1. The monoisotopic (exact) mass is 468 g/mol. The molecule has 0 fully saturated rings. The molecule has 0 heterocycles. The van der Waals surface area contributed by atoms with Gasteiger partial charge in [-0.25, -0.2) is 4.79 Å². The number of nitrogens with one attached hydrogen (secondary N) is 1. The van der Waals surface area contributed by atoms with Crippen LogP contribution < -0.4 is 39.4 Å². The minimum absolute atomic E-state index is 0. The number of para-hydroxylation sites is 2. The Morgan fingerprint density at radius 1 is 0.969 bits per heavy atom. The van der Waals surface area contributed by atoms with Crippen LogP contribution in [0, 0.1) is 0 Å². The van der Waals surface area contributed by atoms with Gasteiger partial charge in [0.1, 0.15) is 24.7 Å². The van der Waals surface area contributed by atoms with Gasteiger partial charge in [0, 0.05) is 5.02 Å². The van der Waals surface area contributed by atoms with Crippen molar-refractivity contribution in [3.8, 4) is 11.5 Å². The smallest absolute Gasteiger partial charge is 1.00 e. The van der Waals surface area contributed by atoms with E-state index in [1.807, 2.05) is 0 Å². The maximum Gasteiger partial charge on any atom is 1.00 e. The first-order valence-electron chi connectivity index (χ1n) is 9.09. The third kappa shape index (κ3) is 6.59. The molecule has 3 aromatic carbocycles. The van der Waals surface area contributed by atoms with E-state index in [0.29, 0.717) is 22.2 Å². The van der Waals surface area contributed by atoms with E-state index in [4.69, 9.17) is 38.4 Å². The van der Waals surface area contributed by atoms with Gasteiger partial charge in [0.2, 0.25) is 0 Å². The average molecular weight is 469 g/mol. The number of carboxylic acids is 1. The second-order valence-electron chi connectivity index (χ2n) is 6.33. The predicted octanol–water partition coefficient (Wildman–Crippen LogP) is 2.10. The van der Waals surface area contributed by atoms with Crippen molar-refractivity contribution in [3.05, 3.63) is 81.8 Å². The first kappa shape index (κ1) is 25.4. The molecule has 4 N–H and O–H groups in total. The largest absolute Gasteiger partial charge is 1.00 e. The molecule has 162 valence electrons. The number of carbonyl (C=O) groups excluding carboxylic acids is 1. The van der Waals surface area contributed by atoms with Crippen molar-refractivity contribution in [3.63, 3.8) is 0 Å². The van der Waals surface area contributed by atoms with Gasteiger partial charge in [0.05, 0.1) is 27.5 Å². The van der Waals surface area contributed by atoms with Gasteiger partial charge in [0.25, 0.3) is 5.91 Å². The van der Waals surface area contributed by atoms with Gasteiger partial charge in [-0.3, -0.25) is 4.79 Å². The van der Waals surface area contributed by atoms with E-state index in [1.54, 1.807) is 30.3 Å². The quantitative estimate of drug-likeness (QED) is 0.265. The zero-order valence-corrected chi connectivity index (χ0v) is 18.6. The van der Waals surface area contributed by atoms with Crippen molar-refractivity contribution in [2.45, 2.75) is 0 Å². The van der Waals surface area contributed by atoms with Crippen molar-refractivity contribution in [2.75, 3.05) is 24.3 Å². The van der Waals surface area contributed by atoms with Gasteiger partial charge in [-0.2, -0.15) is 0 Å². The van der Waals surface area contributed by atoms with Crippen LogP contribution in [0.25, 0.3) is 0 Å². The number of halogens is 2. The SMILES string of the molecule is Nc1ccccc1OCCOc1ccc(NC(=O)c2ccc(Cl)cc2Cl)c(C(=O)O)c1.[H-].[Li+]. The van der Waals surface area contributed by atoms with E-state index in [2.05, 4.69) is 5.32 Å². The molecule has 0 saturated heterocycles. The van der Waals surface area contributed by atoms with Gasteiger partial charge in [-0.05, 0) is 48.5 Å². The number of ether oxygens (including phenoxy) is 2. The van der Waals surface area contributed by atoms with E-state index in [1.165, 1.54) is 30.3 Å². The number of rotatable bonds is 8. The molecule has 0 saturated carbocycles. The number of nitrogens with two attached hydrogens (primary N) is 1. The molecule has 3 rings (SSSR count). The standard InChI is InChI=1S/C22H18Cl2N2O5.Li.H/c23-13-5-7-15(17(24)11-13)21(27)26-19-8-6-14(12-16(19)22(28)29)30-9-10-31-20-4-2-1-3-18(20)25;;/h1-8,11-12H,9-10,25H2,(H,26,27)(H,28,29);;/q;+1;-1. The molecule has 0 unspecified atom stereocenters. The molecule has 0 aliphatic carbocycles. The van der Waals surface area contributed by atoms with Crippen LogP contribution in [0.2, 0.25) is 10.0 Å². The van der Waals surface area contributed by atoms with Crippen molar-refractivity contribution in [1.82, 2.24) is 0 Å². The van der Waals surface area contributed by atoms with Gasteiger partial charge in [-0.15, -0.1) is 0 Å². The number of benzene rings is 3. The molecule has 0 radical (unpaired) electrons. The minimum atomic E-state index is -1.23. The van der Waals surface area contributed by atoms with Crippen LogP contribution >= 0.6 is 23.2 Å². The fourth-order valence-corrected chi connectivity index (χ4v) is 3.18. The van der Waals surface area contributed by atoms with Crippen LogP contribution in [0.1, 0.15) is 22.1 Å². The van der Waals surface area contributed by atoms with Crippen molar-refractivity contribution in [1.29, 1.82) is 0 Å². The zero-order chi connectivity index (χ0) is 22.4. The Kier molecular flexibility index (Phi) is 9.30. The summed E-state index contributed by atoms with van der Waals surface area (Å²) in [5, 5.41) is 12.6. The molecule has 3 aromatic rings. The summed E-state index contributed by atoms with van der Waals surface area (Å²) in [6.45, 7) is 0.379. The molecule has 10 heteroatoms. The summed E-state index contributed by atoms with van der Waals surface area (Å²) in [6.07, 6.45) is 0. The maximum atomic E-state index is 12.5. The van der Waals surface area contributed by atoms with E-state index < -0.39 is 11.9 Å². The number of hydrogen-bond acceptors (Lipinski definition) is 5. The van der Waals surface area contributed by atoms with Gasteiger partial charge in [-0.1, -0.05) is 35.3 Å². The van der Waals surface area contributed by atoms with E-state index >= 15 is 0 Å². The molecule has 0 aliphatic rings. The Bertz CT molecular complexity index is 1130. The van der Waals surface area contributed by atoms with Crippen molar-refractivity contribution in [2.24, 2.45) is 0 Å². The Morgan fingerprint density at radius 3 is 2.38 bits per heavy atom. The minimum Gasteiger partial charge on any atom is -1.00 e. The summed E-state index contributed by atoms with van der Waals surface area (Å²) >= 11 is 11.9. The molecule has 0 aliphatic heterocycles. The third-order valence-corrected chi connectivity index (χ3v) is 4.72. The van der Waals surface area contributed by atoms with Gasteiger partial charge in [0.15, 0.2) is 0 Å². The molecule has 0 aromatic heterocycles. The van der Waals surface area contributed by atoms with Crippen LogP contribution in [-0.2, 0) is 0 Å². The number of nitrogen functional groups attached to an aromatic ring is 1. The van der Waals surface area contributed by atoms with E-state index in [-0.39, 0.29) is 55.3 Å². The summed E-state index contributed by atoms with van der Waals surface area (Å²) in [5.74, 6) is -0.941. The molecule has 7 nitrogen and oxygen atoms in total. The van der Waals surface area contributed by atoms with Crippen LogP contribution in [0.15, 0.2) is 60.7 Å². The molecule has 0 bridgehead atoms. The number of aromatic carboxylic acids is 1. The number of carbonyl (C=O) groups is 2. The third-order valence-electron chi connectivity index (χ3n) is 4.17. The molecular weight excluding hydrogens is 450 g/mol. The number of carboxylic acid groups (broad SMARTS) is 1. The number of amides is 1. The van der Waals surface area contributed by atoms with Crippen LogP contribution in [-0.4, -0.2) is 30.2 Å². The summed E-state index contributed by atoms with van der Waals surface area (Å²) in [6, 6.07) is 15.8. The second kappa shape index (κ2) is 11.7. The Balaban J connectivity index is 0.00000272. The molecular formula is C22H19Cl2LiN2O5. The molecule has 1 amide bonds. The number of hydrogen-bond donors (Lipinski definition) is 3. The van der Waals surface area contributed by atoms with Crippen LogP contribution in [0.3, 0.4) is 0 Å². The average Bonchev–Trinajstić information content (AvgIpc) is 2.73. The Hall–Kier alpha value is -2.82.